The Morgan fingerprint density at radius 1 is 1.78 bits per heavy atom. The molecule has 0 aromatic carbocycles. The number of likely N-dealkylation sites (tertiary alicyclic amines) is 1. The van der Waals surface area contributed by atoms with E-state index in [1.54, 1.807) is 0 Å². The van der Waals surface area contributed by atoms with Gasteiger partial charge in [-0.25, -0.2) is 4.98 Å². The van der Waals surface area contributed by atoms with Crippen LogP contribution in [0.1, 0.15) is 19.0 Å². The number of carbonyl (C=O) groups excluding carboxylic acids is 1. The van der Waals surface area contributed by atoms with Crippen LogP contribution in [0.25, 0.3) is 0 Å². The van der Waals surface area contributed by atoms with Gasteiger partial charge in [-0.2, -0.15) is 0 Å². The van der Waals surface area contributed by atoms with Crippen LogP contribution >= 0.6 is 11.3 Å². The predicted octanol–water partition coefficient (Wildman–Crippen LogP) is 1.09. The quantitative estimate of drug-likeness (QED) is 0.859. The fourth-order valence-electron chi connectivity index (χ4n) is 2.17. The van der Waals surface area contributed by atoms with E-state index < -0.39 is 0 Å². The Bertz CT molecular complexity index is 419. The normalized spacial score (nSPS) is 22.1. The van der Waals surface area contributed by atoms with Crippen LogP contribution in [0.2, 0.25) is 0 Å². The maximum Gasteiger partial charge on any atom is 0.240 e. The SMILES string of the molecule is Cc1csc(NC(=O)CN2CCC(C(C)O)C2)n1. The van der Waals surface area contributed by atoms with Gasteiger partial charge in [-0.15, -0.1) is 11.3 Å². The summed E-state index contributed by atoms with van der Waals surface area (Å²) in [6, 6.07) is 0. The molecular formula is C12H19N3O2S. The van der Waals surface area contributed by atoms with Gasteiger partial charge in [0.1, 0.15) is 0 Å². The highest BCUT2D eigenvalue weighted by Gasteiger charge is 2.27. The molecule has 18 heavy (non-hydrogen) atoms. The van der Waals surface area contributed by atoms with Crippen LogP contribution in [0, 0.1) is 12.8 Å². The van der Waals surface area contributed by atoms with E-state index in [4.69, 9.17) is 0 Å². The summed E-state index contributed by atoms with van der Waals surface area (Å²) >= 11 is 1.44. The largest absolute Gasteiger partial charge is 0.393 e. The number of nitrogens with one attached hydrogen (secondary N) is 1. The molecule has 1 aromatic rings. The first kappa shape index (κ1) is 13.5. The van der Waals surface area contributed by atoms with Crippen LogP contribution < -0.4 is 5.32 Å². The van der Waals surface area contributed by atoms with Gasteiger partial charge >= 0.3 is 0 Å². The van der Waals surface area contributed by atoms with Crippen molar-refractivity contribution in [2.75, 3.05) is 25.0 Å². The number of rotatable bonds is 4. The summed E-state index contributed by atoms with van der Waals surface area (Å²) in [5.41, 5.74) is 0.922. The van der Waals surface area contributed by atoms with E-state index in [1.165, 1.54) is 11.3 Å². The van der Waals surface area contributed by atoms with E-state index in [1.807, 2.05) is 19.2 Å². The molecule has 1 aliphatic rings. The highest BCUT2D eigenvalue weighted by molar-refractivity contribution is 7.13. The van der Waals surface area contributed by atoms with Crippen molar-refractivity contribution < 1.29 is 9.90 Å². The lowest BCUT2D eigenvalue weighted by Crippen LogP contribution is -2.32. The summed E-state index contributed by atoms with van der Waals surface area (Å²) < 4.78 is 0. The molecule has 5 nitrogen and oxygen atoms in total. The van der Waals surface area contributed by atoms with Gasteiger partial charge in [0.25, 0.3) is 0 Å². The van der Waals surface area contributed by atoms with Gasteiger partial charge < -0.3 is 10.4 Å². The molecule has 6 heteroatoms. The van der Waals surface area contributed by atoms with Crippen LogP contribution in [-0.2, 0) is 4.79 Å². The zero-order valence-corrected chi connectivity index (χ0v) is 11.5. The maximum absolute atomic E-state index is 11.8. The predicted molar refractivity (Wildman–Crippen MR) is 71.7 cm³/mol. The van der Waals surface area contributed by atoms with Crippen molar-refractivity contribution in [3.63, 3.8) is 0 Å². The Morgan fingerprint density at radius 2 is 2.56 bits per heavy atom. The van der Waals surface area contributed by atoms with Gasteiger partial charge in [-0.05, 0) is 32.7 Å². The van der Waals surface area contributed by atoms with E-state index >= 15 is 0 Å². The molecule has 1 fully saturated rings. The fraction of sp³-hybridized carbons (Fsp3) is 0.667. The molecule has 1 aliphatic heterocycles. The van der Waals surface area contributed by atoms with Crippen molar-refractivity contribution >= 4 is 22.4 Å². The third-order valence-corrected chi connectivity index (χ3v) is 4.10. The van der Waals surface area contributed by atoms with Crippen molar-refractivity contribution in [3.8, 4) is 0 Å². The molecule has 1 saturated heterocycles. The molecular weight excluding hydrogens is 250 g/mol. The van der Waals surface area contributed by atoms with E-state index in [-0.39, 0.29) is 12.0 Å². The molecule has 0 aliphatic carbocycles. The van der Waals surface area contributed by atoms with Gasteiger partial charge in [0.2, 0.25) is 5.91 Å². The molecule has 100 valence electrons. The van der Waals surface area contributed by atoms with Gasteiger partial charge in [0.15, 0.2) is 5.13 Å². The summed E-state index contributed by atoms with van der Waals surface area (Å²) in [6.45, 7) is 5.76. The minimum absolute atomic E-state index is 0.0319. The van der Waals surface area contributed by atoms with Gasteiger partial charge in [0.05, 0.1) is 18.3 Å². The molecule has 0 radical (unpaired) electrons. The molecule has 2 N–H and O–H groups in total. The summed E-state index contributed by atoms with van der Waals surface area (Å²) in [6.07, 6.45) is 0.668. The summed E-state index contributed by atoms with van der Waals surface area (Å²) in [5, 5.41) is 14.9. The van der Waals surface area contributed by atoms with E-state index in [2.05, 4.69) is 15.2 Å². The number of hydrogen-bond acceptors (Lipinski definition) is 5. The van der Waals surface area contributed by atoms with Gasteiger partial charge in [-0.1, -0.05) is 0 Å². The van der Waals surface area contributed by atoms with Crippen molar-refractivity contribution in [2.24, 2.45) is 5.92 Å². The average molecular weight is 269 g/mol. The van der Waals surface area contributed by atoms with Crippen LogP contribution in [-0.4, -0.2) is 46.6 Å². The number of nitrogens with zero attached hydrogens (tertiary/aromatic N) is 2. The summed E-state index contributed by atoms with van der Waals surface area (Å²) in [7, 11) is 0. The third kappa shape index (κ3) is 3.51. The van der Waals surface area contributed by atoms with Crippen molar-refractivity contribution in [3.05, 3.63) is 11.1 Å². The number of hydrogen-bond donors (Lipinski definition) is 2. The molecule has 2 rings (SSSR count). The molecule has 0 saturated carbocycles. The second-order valence-electron chi connectivity index (χ2n) is 4.87. The summed E-state index contributed by atoms with van der Waals surface area (Å²) in [4.78, 5) is 18.1. The molecule has 2 heterocycles. The minimum Gasteiger partial charge on any atom is -0.393 e. The molecule has 2 unspecified atom stereocenters. The van der Waals surface area contributed by atoms with Crippen LogP contribution in [0.15, 0.2) is 5.38 Å². The fourth-order valence-corrected chi connectivity index (χ4v) is 2.88. The number of aryl methyl sites for hydroxylation is 1. The summed E-state index contributed by atoms with van der Waals surface area (Å²) in [5.74, 6) is 0.260. The molecule has 1 aromatic heterocycles. The number of amides is 1. The zero-order chi connectivity index (χ0) is 13.1. The number of aromatic nitrogens is 1. The third-order valence-electron chi connectivity index (χ3n) is 3.22. The lowest BCUT2D eigenvalue weighted by atomic mass is 10.0. The number of aliphatic hydroxyl groups excluding tert-OH is 1. The minimum atomic E-state index is -0.292. The number of anilines is 1. The topological polar surface area (TPSA) is 65.5 Å². The first-order valence-corrected chi connectivity index (χ1v) is 7.05. The monoisotopic (exact) mass is 269 g/mol. The van der Waals surface area contributed by atoms with Gasteiger partial charge in [-0.3, -0.25) is 9.69 Å². The van der Waals surface area contributed by atoms with Crippen LogP contribution in [0.4, 0.5) is 5.13 Å². The van der Waals surface area contributed by atoms with Crippen molar-refractivity contribution in [2.45, 2.75) is 26.4 Å². The molecule has 2 atom stereocenters. The molecule has 0 bridgehead atoms. The van der Waals surface area contributed by atoms with Crippen molar-refractivity contribution in [1.82, 2.24) is 9.88 Å². The smallest absolute Gasteiger partial charge is 0.240 e. The van der Waals surface area contributed by atoms with E-state index in [0.29, 0.717) is 17.6 Å². The Kier molecular flexibility index (Phi) is 4.31. The van der Waals surface area contributed by atoms with Crippen molar-refractivity contribution in [1.29, 1.82) is 0 Å². The second kappa shape index (κ2) is 5.77. The average Bonchev–Trinajstić information content (AvgIpc) is 2.88. The highest BCUT2D eigenvalue weighted by atomic mass is 32.1. The Labute approximate surface area is 111 Å². The number of thiazole rings is 1. The van der Waals surface area contributed by atoms with E-state index in [0.717, 1.165) is 25.2 Å². The number of aliphatic hydroxyl groups is 1. The van der Waals surface area contributed by atoms with Crippen LogP contribution in [0.3, 0.4) is 0 Å². The Balaban J connectivity index is 1.78. The standard InChI is InChI=1S/C12H19N3O2S/c1-8-7-18-12(13-8)14-11(17)6-15-4-3-10(5-15)9(2)16/h7,9-10,16H,3-6H2,1-2H3,(H,13,14,17). The number of carbonyl (C=O) groups is 1. The first-order valence-electron chi connectivity index (χ1n) is 6.17. The maximum atomic E-state index is 11.8. The van der Waals surface area contributed by atoms with Gasteiger partial charge in [0, 0.05) is 11.9 Å². The van der Waals surface area contributed by atoms with Crippen LogP contribution in [0.5, 0.6) is 0 Å². The lowest BCUT2D eigenvalue weighted by Gasteiger charge is -2.16. The molecule has 0 spiro atoms. The highest BCUT2D eigenvalue weighted by Crippen LogP contribution is 2.19. The Hall–Kier alpha value is -0.980. The van der Waals surface area contributed by atoms with E-state index in [9.17, 15) is 9.90 Å². The molecule has 1 amide bonds. The Morgan fingerprint density at radius 3 is 3.11 bits per heavy atom. The zero-order valence-electron chi connectivity index (χ0n) is 10.7. The second-order valence-corrected chi connectivity index (χ2v) is 5.72. The lowest BCUT2D eigenvalue weighted by molar-refractivity contribution is -0.117. The first-order chi connectivity index (χ1) is 8.54.